The van der Waals surface area contributed by atoms with Gasteiger partial charge >= 0.3 is 6.03 Å². The molecule has 146 valence electrons. The van der Waals surface area contributed by atoms with Crippen LogP contribution in [0.2, 0.25) is 0 Å². The first-order chi connectivity index (χ1) is 12.7. The maximum absolute atomic E-state index is 11.9. The van der Waals surface area contributed by atoms with Crippen molar-refractivity contribution in [1.29, 1.82) is 0 Å². The van der Waals surface area contributed by atoms with E-state index in [9.17, 15) is 9.59 Å². The number of urea groups is 1. The van der Waals surface area contributed by atoms with Crippen LogP contribution in [-0.4, -0.2) is 18.5 Å². The normalized spacial score (nSPS) is 9.81. The second kappa shape index (κ2) is 12.7. The maximum atomic E-state index is 11.9. The molecule has 0 aromatic heterocycles. The number of rotatable bonds is 9. The third-order valence-corrected chi connectivity index (χ3v) is 3.82. The van der Waals surface area contributed by atoms with Crippen molar-refractivity contribution in [2.45, 2.75) is 32.1 Å². The van der Waals surface area contributed by atoms with Crippen molar-refractivity contribution in [1.82, 2.24) is 0 Å². The molecule has 0 saturated carbocycles. The number of carbonyl (C=O) groups excluding carboxylic acids is 2. The van der Waals surface area contributed by atoms with Crippen molar-refractivity contribution in [2.75, 3.05) is 22.5 Å². The molecule has 0 spiro atoms. The molecule has 0 aliphatic heterocycles. The number of carbonyl (C=O) groups is 2. The Balaban J connectivity index is 0.00000364. The van der Waals surface area contributed by atoms with E-state index in [1.165, 1.54) is 0 Å². The van der Waals surface area contributed by atoms with Gasteiger partial charge in [0.15, 0.2) is 0 Å². The van der Waals surface area contributed by atoms with Gasteiger partial charge in [0.05, 0.1) is 0 Å². The average molecular weight is 391 g/mol. The summed E-state index contributed by atoms with van der Waals surface area (Å²) in [5.41, 5.74) is 7.53. The van der Waals surface area contributed by atoms with E-state index in [0.717, 1.165) is 31.4 Å². The van der Waals surface area contributed by atoms with Crippen LogP contribution in [0.5, 0.6) is 0 Å². The van der Waals surface area contributed by atoms with Crippen LogP contribution in [0.4, 0.5) is 21.9 Å². The summed E-state index contributed by atoms with van der Waals surface area (Å²) < 4.78 is 0. The summed E-state index contributed by atoms with van der Waals surface area (Å²) in [5, 5.41) is 8.36. The van der Waals surface area contributed by atoms with Gasteiger partial charge in [0.1, 0.15) is 0 Å². The molecule has 0 aliphatic carbocycles. The Morgan fingerprint density at radius 2 is 1.22 bits per heavy atom. The zero-order valence-corrected chi connectivity index (χ0v) is 16.1. The van der Waals surface area contributed by atoms with Crippen LogP contribution in [0, 0.1) is 0 Å². The molecule has 27 heavy (non-hydrogen) atoms. The zero-order chi connectivity index (χ0) is 18.6. The number of benzene rings is 2. The van der Waals surface area contributed by atoms with E-state index in [1.54, 1.807) is 24.3 Å². The highest BCUT2D eigenvalue weighted by atomic mass is 35.5. The SMILES string of the molecule is Cl.NCCCCCCC(=O)Nc1ccc(NC(=O)Nc2ccccc2)cc1. The molecule has 7 heteroatoms. The minimum atomic E-state index is -0.314. The van der Waals surface area contributed by atoms with Gasteiger partial charge in [0.25, 0.3) is 0 Å². The second-order valence-electron chi connectivity index (χ2n) is 6.02. The monoisotopic (exact) mass is 390 g/mol. The minimum absolute atomic E-state index is 0. The third-order valence-electron chi connectivity index (χ3n) is 3.82. The van der Waals surface area contributed by atoms with Crippen molar-refractivity contribution in [2.24, 2.45) is 5.73 Å². The van der Waals surface area contributed by atoms with Crippen LogP contribution in [-0.2, 0) is 4.79 Å². The molecule has 0 saturated heterocycles. The highest BCUT2D eigenvalue weighted by Crippen LogP contribution is 2.15. The van der Waals surface area contributed by atoms with Crippen molar-refractivity contribution in [3.63, 3.8) is 0 Å². The lowest BCUT2D eigenvalue weighted by atomic mass is 10.1. The number of hydrogen-bond donors (Lipinski definition) is 4. The summed E-state index contributed by atoms with van der Waals surface area (Å²) in [4.78, 5) is 23.8. The van der Waals surface area contributed by atoms with Crippen LogP contribution in [0.25, 0.3) is 0 Å². The molecule has 2 aromatic rings. The average Bonchev–Trinajstić information content (AvgIpc) is 2.64. The quantitative estimate of drug-likeness (QED) is 0.471. The summed E-state index contributed by atoms with van der Waals surface area (Å²) in [5.74, 6) is 0.000258. The van der Waals surface area contributed by atoms with E-state index < -0.39 is 0 Å². The van der Waals surface area contributed by atoms with E-state index in [4.69, 9.17) is 5.73 Å². The van der Waals surface area contributed by atoms with Crippen LogP contribution in [0.3, 0.4) is 0 Å². The number of anilines is 3. The van der Waals surface area contributed by atoms with Crippen molar-refractivity contribution in [3.8, 4) is 0 Å². The first kappa shape index (κ1) is 22.5. The largest absolute Gasteiger partial charge is 0.330 e. The number of unbranched alkanes of at least 4 members (excludes halogenated alkanes) is 3. The summed E-state index contributed by atoms with van der Waals surface area (Å²) in [6.45, 7) is 0.704. The number of nitrogens with two attached hydrogens (primary N) is 1. The van der Waals surface area contributed by atoms with Crippen molar-refractivity contribution >= 4 is 41.4 Å². The van der Waals surface area contributed by atoms with Gasteiger partial charge in [-0.05, 0) is 55.8 Å². The number of para-hydroxylation sites is 1. The molecule has 2 rings (SSSR count). The molecule has 0 aliphatic rings. The Morgan fingerprint density at radius 1 is 0.704 bits per heavy atom. The van der Waals surface area contributed by atoms with Crippen LogP contribution >= 0.6 is 12.4 Å². The molecular weight excluding hydrogens is 364 g/mol. The van der Waals surface area contributed by atoms with Crippen LogP contribution in [0.1, 0.15) is 32.1 Å². The molecule has 3 amide bonds. The van der Waals surface area contributed by atoms with Gasteiger partial charge in [-0.15, -0.1) is 12.4 Å². The molecular formula is C20H27ClN4O2. The number of halogens is 1. The Kier molecular flexibility index (Phi) is 10.6. The van der Waals surface area contributed by atoms with Crippen molar-refractivity contribution in [3.05, 3.63) is 54.6 Å². The Bertz CT molecular complexity index is 693. The summed E-state index contributed by atoms with van der Waals surface area (Å²) >= 11 is 0. The van der Waals surface area contributed by atoms with E-state index in [1.807, 2.05) is 30.3 Å². The molecule has 0 fully saturated rings. The highest BCUT2D eigenvalue weighted by molar-refractivity contribution is 6.00. The zero-order valence-electron chi connectivity index (χ0n) is 15.2. The van der Waals surface area contributed by atoms with Gasteiger partial charge in [-0.3, -0.25) is 4.79 Å². The predicted octanol–water partition coefficient (Wildman–Crippen LogP) is 4.60. The fraction of sp³-hybridized carbons (Fsp3) is 0.300. The molecule has 5 N–H and O–H groups in total. The first-order valence-electron chi connectivity index (χ1n) is 8.90. The third kappa shape index (κ3) is 9.08. The standard InChI is InChI=1S/C20H26N4O2.ClH/c21-15-7-2-1-6-10-19(25)22-17-11-13-18(14-12-17)24-20(26)23-16-8-4-3-5-9-16;/h3-5,8-9,11-14H,1-2,6-7,10,15,21H2,(H,22,25)(H2,23,24,26);1H. The fourth-order valence-electron chi connectivity index (χ4n) is 2.46. The molecule has 0 radical (unpaired) electrons. The van der Waals surface area contributed by atoms with Crippen molar-refractivity contribution < 1.29 is 9.59 Å². The predicted molar refractivity (Wildman–Crippen MR) is 114 cm³/mol. The van der Waals surface area contributed by atoms with Gasteiger partial charge in [-0.25, -0.2) is 4.79 Å². The number of hydrogen-bond acceptors (Lipinski definition) is 3. The Morgan fingerprint density at radius 3 is 1.81 bits per heavy atom. The second-order valence-corrected chi connectivity index (χ2v) is 6.02. The maximum Gasteiger partial charge on any atom is 0.323 e. The topological polar surface area (TPSA) is 96.2 Å². The van der Waals surface area contributed by atoms with E-state index in [0.29, 0.717) is 24.3 Å². The molecule has 0 atom stereocenters. The lowest BCUT2D eigenvalue weighted by Crippen LogP contribution is -2.19. The van der Waals surface area contributed by atoms with Gasteiger partial charge in [0.2, 0.25) is 5.91 Å². The van der Waals surface area contributed by atoms with Gasteiger partial charge in [-0.2, -0.15) is 0 Å². The lowest BCUT2D eigenvalue weighted by molar-refractivity contribution is -0.116. The smallest absolute Gasteiger partial charge is 0.323 e. The van der Waals surface area contributed by atoms with Gasteiger partial charge in [-0.1, -0.05) is 31.0 Å². The Hall–Kier alpha value is -2.57. The van der Waals surface area contributed by atoms with Gasteiger partial charge in [0, 0.05) is 23.5 Å². The van der Waals surface area contributed by atoms with Crippen LogP contribution < -0.4 is 21.7 Å². The molecule has 0 bridgehead atoms. The van der Waals surface area contributed by atoms with Gasteiger partial charge < -0.3 is 21.7 Å². The van der Waals surface area contributed by atoms with E-state index in [-0.39, 0.29) is 24.3 Å². The lowest BCUT2D eigenvalue weighted by Gasteiger charge is -2.09. The summed E-state index contributed by atoms with van der Waals surface area (Å²) in [6.07, 6.45) is 4.46. The number of amides is 3. The Labute approximate surface area is 166 Å². The molecule has 2 aromatic carbocycles. The number of nitrogens with one attached hydrogen (secondary N) is 3. The van der Waals surface area contributed by atoms with E-state index in [2.05, 4.69) is 16.0 Å². The van der Waals surface area contributed by atoms with Crippen LogP contribution in [0.15, 0.2) is 54.6 Å². The summed E-state index contributed by atoms with van der Waals surface area (Å²) in [7, 11) is 0. The molecule has 0 heterocycles. The minimum Gasteiger partial charge on any atom is -0.330 e. The molecule has 0 unspecified atom stereocenters. The van der Waals surface area contributed by atoms with E-state index >= 15 is 0 Å². The summed E-state index contributed by atoms with van der Waals surface area (Å²) in [6, 6.07) is 15.9. The fourth-order valence-corrected chi connectivity index (χ4v) is 2.46. The first-order valence-corrected chi connectivity index (χ1v) is 8.90. The highest BCUT2D eigenvalue weighted by Gasteiger charge is 2.04. The molecule has 6 nitrogen and oxygen atoms in total.